The first-order valence-electron chi connectivity index (χ1n) is 5.75. The van der Waals surface area contributed by atoms with Crippen LogP contribution in [-0.4, -0.2) is 36.9 Å². The molecule has 0 bridgehead atoms. The maximum absolute atomic E-state index is 10.9. The number of morpholine rings is 1. The van der Waals surface area contributed by atoms with Gasteiger partial charge in [-0.2, -0.15) is 0 Å². The fraction of sp³-hybridized carbons (Fsp3) is 0.462. The highest BCUT2D eigenvalue weighted by atomic mass is 16.5. The van der Waals surface area contributed by atoms with Gasteiger partial charge in [-0.25, -0.2) is 4.79 Å². The van der Waals surface area contributed by atoms with E-state index in [1.807, 2.05) is 32.0 Å². The lowest BCUT2D eigenvalue weighted by Gasteiger charge is -2.34. The predicted octanol–water partition coefficient (Wildman–Crippen LogP) is 1.59. The number of benzene rings is 1. The van der Waals surface area contributed by atoms with E-state index in [4.69, 9.17) is 9.84 Å². The van der Waals surface area contributed by atoms with E-state index in [1.165, 1.54) is 11.1 Å². The summed E-state index contributed by atoms with van der Waals surface area (Å²) in [5, 5.41) is 8.99. The molecule has 0 aliphatic carbocycles. The van der Waals surface area contributed by atoms with Gasteiger partial charge in [0.15, 0.2) is 6.10 Å². The topological polar surface area (TPSA) is 49.8 Å². The molecule has 1 unspecified atom stereocenters. The first-order chi connectivity index (χ1) is 8.09. The Balaban J connectivity index is 2.25. The van der Waals surface area contributed by atoms with Crippen molar-refractivity contribution in [2.24, 2.45) is 0 Å². The quantitative estimate of drug-likeness (QED) is 0.845. The summed E-state index contributed by atoms with van der Waals surface area (Å²) in [7, 11) is 0. The maximum atomic E-state index is 10.9. The van der Waals surface area contributed by atoms with E-state index in [0.29, 0.717) is 13.2 Å². The van der Waals surface area contributed by atoms with Gasteiger partial charge < -0.3 is 14.7 Å². The average Bonchev–Trinajstić information content (AvgIpc) is 2.29. The Kier molecular flexibility index (Phi) is 3.33. The van der Waals surface area contributed by atoms with Crippen molar-refractivity contribution in [2.75, 3.05) is 24.6 Å². The third-order valence-corrected chi connectivity index (χ3v) is 3.10. The van der Waals surface area contributed by atoms with E-state index < -0.39 is 12.1 Å². The minimum atomic E-state index is -0.888. The molecule has 1 fully saturated rings. The molecule has 0 spiro atoms. The van der Waals surface area contributed by atoms with Crippen LogP contribution in [0.15, 0.2) is 18.2 Å². The number of para-hydroxylation sites is 1. The van der Waals surface area contributed by atoms with E-state index in [-0.39, 0.29) is 0 Å². The summed E-state index contributed by atoms with van der Waals surface area (Å²) in [6, 6.07) is 6.12. The molecular weight excluding hydrogens is 218 g/mol. The van der Waals surface area contributed by atoms with Crippen molar-refractivity contribution < 1.29 is 14.6 Å². The molecule has 0 amide bonds. The van der Waals surface area contributed by atoms with Crippen molar-refractivity contribution in [1.82, 2.24) is 0 Å². The number of rotatable bonds is 2. The van der Waals surface area contributed by atoms with Crippen LogP contribution in [0, 0.1) is 13.8 Å². The molecule has 1 saturated heterocycles. The van der Waals surface area contributed by atoms with Crippen molar-refractivity contribution in [3.63, 3.8) is 0 Å². The highest BCUT2D eigenvalue weighted by Gasteiger charge is 2.27. The van der Waals surface area contributed by atoms with Crippen LogP contribution in [0.3, 0.4) is 0 Å². The van der Waals surface area contributed by atoms with Crippen LogP contribution in [0.4, 0.5) is 5.69 Å². The molecule has 4 nitrogen and oxygen atoms in total. The predicted molar refractivity (Wildman–Crippen MR) is 65.5 cm³/mol. The van der Waals surface area contributed by atoms with Gasteiger partial charge in [0, 0.05) is 12.2 Å². The number of hydrogen-bond acceptors (Lipinski definition) is 3. The first kappa shape index (κ1) is 11.9. The van der Waals surface area contributed by atoms with Crippen molar-refractivity contribution >= 4 is 11.7 Å². The van der Waals surface area contributed by atoms with Crippen LogP contribution in [0.1, 0.15) is 11.1 Å². The zero-order valence-electron chi connectivity index (χ0n) is 10.1. The number of ether oxygens (including phenoxy) is 1. The fourth-order valence-corrected chi connectivity index (χ4v) is 2.31. The van der Waals surface area contributed by atoms with E-state index in [1.54, 1.807) is 0 Å². The van der Waals surface area contributed by atoms with Crippen LogP contribution >= 0.6 is 0 Å². The Bertz CT molecular complexity index is 410. The lowest BCUT2D eigenvalue weighted by atomic mass is 10.1. The number of aryl methyl sites for hydroxylation is 2. The van der Waals surface area contributed by atoms with Crippen molar-refractivity contribution in [3.8, 4) is 0 Å². The Morgan fingerprint density at radius 3 is 2.65 bits per heavy atom. The molecule has 0 saturated carbocycles. The van der Waals surface area contributed by atoms with E-state index in [0.717, 1.165) is 12.2 Å². The summed E-state index contributed by atoms with van der Waals surface area (Å²) in [5.74, 6) is -0.888. The Hall–Kier alpha value is -1.55. The lowest BCUT2D eigenvalue weighted by Crippen LogP contribution is -2.46. The van der Waals surface area contributed by atoms with Gasteiger partial charge in [-0.1, -0.05) is 18.2 Å². The van der Waals surface area contributed by atoms with Crippen LogP contribution in [0.5, 0.6) is 0 Å². The molecule has 1 aliphatic heterocycles. The van der Waals surface area contributed by atoms with Crippen LogP contribution < -0.4 is 4.90 Å². The first-order valence-corrected chi connectivity index (χ1v) is 5.75. The zero-order valence-corrected chi connectivity index (χ0v) is 10.1. The number of nitrogens with zero attached hydrogens (tertiary/aromatic N) is 1. The summed E-state index contributed by atoms with van der Waals surface area (Å²) < 4.78 is 5.23. The number of carbonyl (C=O) groups is 1. The van der Waals surface area contributed by atoms with Gasteiger partial charge in [0.25, 0.3) is 0 Å². The van der Waals surface area contributed by atoms with E-state index >= 15 is 0 Å². The molecule has 0 radical (unpaired) electrons. The Morgan fingerprint density at radius 1 is 1.41 bits per heavy atom. The summed E-state index contributed by atoms with van der Waals surface area (Å²) in [5.41, 5.74) is 3.49. The van der Waals surface area contributed by atoms with Crippen LogP contribution in [0.2, 0.25) is 0 Å². The molecule has 1 aliphatic rings. The number of hydrogen-bond donors (Lipinski definition) is 1. The number of aliphatic carboxylic acids is 1. The molecule has 1 aromatic carbocycles. The van der Waals surface area contributed by atoms with Gasteiger partial charge >= 0.3 is 5.97 Å². The summed E-state index contributed by atoms with van der Waals surface area (Å²) in [6.45, 7) is 5.72. The zero-order chi connectivity index (χ0) is 12.4. The smallest absolute Gasteiger partial charge is 0.334 e. The molecule has 1 N–H and O–H groups in total. The number of anilines is 1. The van der Waals surface area contributed by atoms with Gasteiger partial charge in [-0.05, 0) is 25.0 Å². The van der Waals surface area contributed by atoms with Crippen molar-refractivity contribution in [2.45, 2.75) is 20.0 Å². The van der Waals surface area contributed by atoms with Gasteiger partial charge in [0.05, 0.1) is 13.2 Å². The molecule has 1 heterocycles. The maximum Gasteiger partial charge on any atom is 0.334 e. The second kappa shape index (κ2) is 4.75. The van der Waals surface area contributed by atoms with Crippen LogP contribution in [-0.2, 0) is 9.53 Å². The van der Waals surface area contributed by atoms with Crippen molar-refractivity contribution in [3.05, 3.63) is 29.3 Å². The summed E-state index contributed by atoms with van der Waals surface area (Å²) in [4.78, 5) is 13.1. The number of carboxylic acid groups (broad SMARTS) is 1. The molecule has 17 heavy (non-hydrogen) atoms. The normalized spacial score (nSPS) is 20.4. The van der Waals surface area contributed by atoms with E-state index in [9.17, 15) is 4.79 Å². The largest absolute Gasteiger partial charge is 0.479 e. The van der Waals surface area contributed by atoms with Gasteiger partial charge in [-0.3, -0.25) is 0 Å². The third kappa shape index (κ3) is 2.42. The van der Waals surface area contributed by atoms with Gasteiger partial charge in [-0.15, -0.1) is 0 Å². The standard InChI is InChI=1S/C13H17NO3/c1-9-4-3-5-10(2)12(9)14-6-7-17-11(8-14)13(15)16/h3-5,11H,6-8H2,1-2H3,(H,15,16). The average molecular weight is 235 g/mol. The molecular formula is C13H17NO3. The summed E-state index contributed by atoms with van der Waals surface area (Å²) >= 11 is 0. The molecule has 2 rings (SSSR count). The monoisotopic (exact) mass is 235 g/mol. The summed E-state index contributed by atoms with van der Waals surface area (Å²) in [6.07, 6.45) is -0.720. The lowest BCUT2D eigenvalue weighted by molar-refractivity contribution is -0.150. The number of carboxylic acids is 1. The highest BCUT2D eigenvalue weighted by molar-refractivity contribution is 5.74. The van der Waals surface area contributed by atoms with Crippen LogP contribution in [0.25, 0.3) is 0 Å². The minimum absolute atomic E-state index is 0.418. The SMILES string of the molecule is Cc1cccc(C)c1N1CCOC(C(=O)O)C1. The molecule has 1 aromatic rings. The van der Waals surface area contributed by atoms with Gasteiger partial charge in [0.1, 0.15) is 0 Å². The fourth-order valence-electron chi connectivity index (χ4n) is 2.31. The van der Waals surface area contributed by atoms with Crippen molar-refractivity contribution in [1.29, 1.82) is 0 Å². The third-order valence-electron chi connectivity index (χ3n) is 3.10. The second-order valence-electron chi connectivity index (χ2n) is 4.38. The van der Waals surface area contributed by atoms with E-state index in [2.05, 4.69) is 4.90 Å². The highest BCUT2D eigenvalue weighted by Crippen LogP contribution is 2.26. The Labute approximate surface area is 101 Å². The molecule has 4 heteroatoms. The molecule has 1 atom stereocenters. The molecule has 0 aromatic heterocycles. The Morgan fingerprint density at radius 2 is 2.06 bits per heavy atom. The minimum Gasteiger partial charge on any atom is -0.479 e. The van der Waals surface area contributed by atoms with Gasteiger partial charge in [0.2, 0.25) is 0 Å². The second-order valence-corrected chi connectivity index (χ2v) is 4.38. The molecule has 92 valence electrons.